The molecule has 6 aliphatic heterocycles. The number of phosphoric acid groups is 4. The molecule has 9 aromatic rings. The monoisotopic (exact) mass is 1970 g/mol. The van der Waals surface area contributed by atoms with Crippen molar-refractivity contribution in [2.45, 2.75) is 160 Å². The first kappa shape index (κ1) is 95.3. The molecule has 0 radical (unpaired) electrons. The highest BCUT2D eigenvalue weighted by molar-refractivity contribution is 7.55. The highest BCUT2D eigenvalue weighted by Crippen LogP contribution is 2.67. The van der Waals surface area contributed by atoms with E-state index in [1.165, 1.54) is 13.8 Å². The largest absolute Gasteiger partial charge is 0.472 e. The molecule has 0 saturated carbocycles. The summed E-state index contributed by atoms with van der Waals surface area (Å²) >= 11 is 0. The Kier molecular flexibility index (Phi) is 25.9. The maximum Gasteiger partial charge on any atom is 0.472 e. The number of anilines is 4. The molecule has 6 aliphatic rings. The quantitative estimate of drug-likeness (QED) is 0.0174. The number of nitrogens with two attached hydrogens (primary N) is 4. The zero-order chi connectivity index (χ0) is 94.3. The number of phosphoric ester groups is 4. The van der Waals surface area contributed by atoms with E-state index in [1.54, 1.807) is 0 Å². The fourth-order valence-corrected chi connectivity index (χ4v) is 21.1. The van der Waals surface area contributed by atoms with E-state index in [-0.39, 0.29) is 23.4 Å². The molecular weight excluding hydrogens is 1890 g/mol. The smallest absolute Gasteiger partial charge is 0.390 e. The number of aromatic amines is 5. The van der Waals surface area contributed by atoms with Gasteiger partial charge in [0.1, 0.15) is 97.6 Å². The Labute approximate surface area is 715 Å². The zero-order valence-electron chi connectivity index (χ0n) is 65.7. The average molecular weight is 1970 g/mol. The summed E-state index contributed by atoms with van der Waals surface area (Å²) in [6.45, 7) is -6.45. The van der Waals surface area contributed by atoms with E-state index in [0.29, 0.717) is 20.0 Å². The van der Waals surface area contributed by atoms with Crippen LogP contribution in [0.3, 0.4) is 0 Å². The highest BCUT2D eigenvalue weighted by atomic mass is 31.2. The van der Waals surface area contributed by atoms with Gasteiger partial charge >= 0.3 is 63.6 Å². The molecule has 65 nitrogen and oxygen atoms in total. The second-order valence-electron chi connectivity index (χ2n) is 29.8. The van der Waals surface area contributed by atoms with Crippen LogP contribution >= 0.6 is 46.5 Å². The summed E-state index contributed by atoms with van der Waals surface area (Å²) in [6, 6.07) is 1.04. The average Bonchev–Trinajstić information content (AvgIpc) is 1.56. The SMILES string of the molecule is Cc1cn([C@H]2C[C@H](O)[C@@H](COP(=O)(O)O[C@H]3[C@@H](O)[C@H](n4ccc(N)nc4=O)O[C@@H]3COP(=O)(O)O[C@H]3[C@@H](O)[C@H](n4cnc5c(=O)[nH]c(N)nc54)O[C@@H]3COP(=O)(O)OC3[C@@H](O)[C@H](n4cnc5c(=O)[nH]c(N)nc54)O[C@@H]3COP(=O)(O)[C@@]3(O)[C@@H](COP(=O)(O)[C@]4(O)C[C@H](n5cc(C)c(=O)[nH]c5=O)O[C@@H]4COP(=O)(O)O)O[C@@H](n4cnc5c(=O)[nH]c(N)nc54)[C@@H]3O)O2)c(=O)[nH]c1=O. The molecule has 15 heterocycles. The molecule has 0 spiro atoms. The van der Waals surface area contributed by atoms with Gasteiger partial charge in [0.25, 0.3) is 27.8 Å². The van der Waals surface area contributed by atoms with Crippen molar-refractivity contribution in [3.05, 3.63) is 138 Å². The predicted octanol–water partition coefficient (Wildman–Crippen LogP) is -8.94. The number of nitrogen functional groups attached to an aromatic ring is 4. The van der Waals surface area contributed by atoms with E-state index in [0.717, 1.165) is 51.0 Å². The van der Waals surface area contributed by atoms with Gasteiger partial charge < -0.3 is 130 Å². The van der Waals surface area contributed by atoms with Crippen LogP contribution < -0.4 is 67.8 Å². The number of H-pyrrole nitrogens is 5. The first-order valence-electron chi connectivity index (χ1n) is 37.3. The van der Waals surface area contributed by atoms with Gasteiger partial charge in [-0.05, 0) is 19.9 Å². The van der Waals surface area contributed by atoms with Crippen LogP contribution in [0, 0.1) is 13.8 Å². The third-order valence-corrected chi connectivity index (χ3v) is 28.6. The van der Waals surface area contributed by atoms with Gasteiger partial charge in [0.2, 0.25) is 23.2 Å². The maximum absolute atomic E-state index is 15.4. The molecular formula is C59H76N22O43P6. The summed E-state index contributed by atoms with van der Waals surface area (Å²) in [5.74, 6) is -2.18. The second-order valence-corrected chi connectivity index (χ2v) is 39.3. The molecule has 6 fully saturated rings. The Morgan fingerprint density at radius 3 is 1.27 bits per heavy atom. The van der Waals surface area contributed by atoms with Crippen molar-refractivity contribution in [1.29, 1.82) is 0 Å². The van der Waals surface area contributed by atoms with Crippen LogP contribution in [-0.4, -0.2) is 293 Å². The van der Waals surface area contributed by atoms with E-state index < -0.39 is 322 Å². The number of aliphatic hydroxyl groups is 7. The van der Waals surface area contributed by atoms with E-state index in [2.05, 4.69) is 59.3 Å². The lowest BCUT2D eigenvalue weighted by Crippen LogP contribution is -2.50. The topological polar surface area (TPSA) is 963 Å². The number of imidazole rings is 3. The summed E-state index contributed by atoms with van der Waals surface area (Å²) < 4.78 is 172. The van der Waals surface area contributed by atoms with Crippen LogP contribution in [0.25, 0.3) is 33.5 Å². The number of hydrogen-bond donors (Lipinski definition) is 23. The maximum atomic E-state index is 15.4. The van der Waals surface area contributed by atoms with Gasteiger partial charge in [-0.1, -0.05) is 0 Å². The van der Waals surface area contributed by atoms with Crippen LogP contribution in [0.2, 0.25) is 0 Å². The van der Waals surface area contributed by atoms with Crippen molar-refractivity contribution < 1.29 is 167 Å². The van der Waals surface area contributed by atoms with Crippen molar-refractivity contribution in [1.82, 2.24) is 87.2 Å². The lowest BCUT2D eigenvalue weighted by Gasteiger charge is -2.36. The Morgan fingerprint density at radius 2 is 0.838 bits per heavy atom. The van der Waals surface area contributed by atoms with Gasteiger partial charge in [0.05, 0.1) is 64.7 Å². The Balaban J connectivity index is 0.703. The number of hydrogen-bond acceptors (Lipinski definition) is 47. The van der Waals surface area contributed by atoms with Crippen molar-refractivity contribution in [3.8, 4) is 0 Å². The lowest BCUT2D eigenvalue weighted by atomic mass is 10.1. The summed E-state index contributed by atoms with van der Waals surface area (Å²) in [5.41, 5.74) is 11.6. The molecule has 9 aromatic heterocycles. The van der Waals surface area contributed by atoms with Gasteiger partial charge in [-0.15, -0.1) is 0 Å². The summed E-state index contributed by atoms with van der Waals surface area (Å²) in [7, 11) is -36.2. The third kappa shape index (κ3) is 18.4. The van der Waals surface area contributed by atoms with Gasteiger partial charge in [0.15, 0.2) is 63.7 Å². The van der Waals surface area contributed by atoms with Gasteiger partial charge in [-0.25, -0.2) is 47.6 Å². The minimum absolute atomic E-state index is 0.0561. The molecule has 0 bridgehead atoms. The molecule has 27 N–H and O–H groups in total. The second kappa shape index (κ2) is 35.3. The number of rotatable bonds is 32. The van der Waals surface area contributed by atoms with E-state index in [1.807, 2.05) is 4.98 Å². The summed E-state index contributed by atoms with van der Waals surface area (Å²) in [5, 5.41) is 76.8. The number of nitrogens with one attached hydrogen (secondary N) is 5. The van der Waals surface area contributed by atoms with E-state index in [9.17, 15) is 131 Å². The van der Waals surface area contributed by atoms with Gasteiger partial charge in [0, 0.05) is 42.6 Å². The van der Waals surface area contributed by atoms with Crippen molar-refractivity contribution in [3.63, 3.8) is 0 Å². The molecule has 0 aromatic carbocycles. The Morgan fingerprint density at radius 1 is 0.446 bits per heavy atom. The Hall–Kier alpha value is -9.29. The molecule has 0 aliphatic carbocycles. The number of fused-ring (bicyclic) bond motifs is 3. The zero-order valence-corrected chi connectivity index (χ0v) is 71.0. The molecule has 27 atom stereocenters. The number of nitrogens with zero attached hydrogens (tertiary/aromatic N) is 13. The highest BCUT2D eigenvalue weighted by Gasteiger charge is 2.70. The minimum Gasteiger partial charge on any atom is -0.390 e. The molecule has 0 amide bonds. The summed E-state index contributed by atoms with van der Waals surface area (Å²) in [6.07, 6.45) is -41.1. The minimum atomic E-state index is -6.56. The van der Waals surface area contributed by atoms with Crippen LogP contribution in [-0.2, 0) is 96.5 Å². The standard InChI is InChI=1S/C59H76N22O43P6/c1-18-7-77(56(93)74-43(18)87)28-5-20(82)21(116-28)9-113-128(104,105)123-37-23(117-48(33(37)83)76-4-3-27(60)67-55(76)92)11-114-130(108,109)124-38-24(119-50(35(38)85)80-16-65-31-41(80)69-53(62)72-46(31)90)12-115-129(106,107)122-36-22(118-49(34(36)84)79-15-64-30-40(79)68-52(61)71-45(30)89)10-110-126(99,100)59(96)26(121-51(39(59)86)81-17-66-32-42(81)70-54(63)73-47(32)91)14-111-125(97,98)58(95)6-29(120-25(58)13-112-127(101,102)103)78-8-19(2)44(88)75-57(78)94/h3-4,7-8,15-17,20-26,28-29,33-39,48-51,82-86,95-96H,5-6,9-14H2,1-2H3,(H,97,98)(H,99,100)(H,104,105)(H,106,107)(H,108,109)(H2,60,67,92)(H,74,87,93)(H,75,88,94)(H2,101,102,103)(H3,61,68,71,89)(H3,62,69,72,90)(H3,63,70,73,91)/t20-,21+,22+,23+,24+,25+,26+,28+,29+,33+,34+,35+,36?,37+,38+,39-,48+,49+,50+,51+,58+,59-/m0/s1. The van der Waals surface area contributed by atoms with Crippen LogP contribution in [0.4, 0.5) is 23.7 Å². The molecule has 71 heteroatoms. The van der Waals surface area contributed by atoms with Crippen molar-refractivity contribution in [2.75, 3.05) is 62.6 Å². The summed E-state index contributed by atoms with van der Waals surface area (Å²) in [4.78, 5) is 218. The van der Waals surface area contributed by atoms with E-state index in [4.69, 9.17) is 87.5 Å². The van der Waals surface area contributed by atoms with Gasteiger partial charge in [-0.3, -0.25) is 117 Å². The first-order chi connectivity index (χ1) is 60.7. The molecule has 6 unspecified atom stereocenters. The predicted molar refractivity (Wildman–Crippen MR) is 417 cm³/mol. The van der Waals surface area contributed by atoms with Crippen molar-refractivity contribution >= 4 is 104 Å². The number of ether oxygens (including phenoxy) is 6. The van der Waals surface area contributed by atoms with Crippen LogP contribution in [0.1, 0.15) is 61.3 Å². The van der Waals surface area contributed by atoms with Gasteiger partial charge in [-0.2, -0.15) is 19.9 Å². The Bertz CT molecular complexity index is 6730. The number of aryl methyl sites for hydroxylation is 2. The van der Waals surface area contributed by atoms with Crippen molar-refractivity contribution in [2.24, 2.45) is 0 Å². The first-order valence-corrected chi connectivity index (χ1v) is 46.5. The fraction of sp³-hybridized carbons (Fsp3) is 0.542. The molecule has 15 rings (SSSR count). The number of aromatic nitrogens is 18. The van der Waals surface area contributed by atoms with Crippen LogP contribution in [0.15, 0.2) is 82.0 Å². The van der Waals surface area contributed by atoms with Crippen LogP contribution in [0.5, 0.6) is 0 Å². The third-order valence-electron chi connectivity index (χ3n) is 21.3. The molecule has 130 heavy (non-hydrogen) atoms. The number of aliphatic hydroxyl groups excluding tert-OH is 5. The molecule has 710 valence electrons. The normalized spacial score (nSPS) is 31.9. The van der Waals surface area contributed by atoms with E-state index >= 15 is 4.57 Å². The molecule has 6 saturated heterocycles. The lowest BCUT2D eigenvalue weighted by molar-refractivity contribution is -0.0763. The fourth-order valence-electron chi connectivity index (χ4n) is 14.9.